The maximum atomic E-state index is 12.3. The molecule has 20 heavy (non-hydrogen) atoms. The number of ketones is 1. The second-order valence-corrected chi connectivity index (χ2v) is 6.97. The Morgan fingerprint density at radius 1 is 1.15 bits per heavy atom. The maximum absolute atomic E-state index is 12.3. The van der Waals surface area contributed by atoms with E-state index in [1.807, 2.05) is 0 Å². The number of carbonyl (C=O) groups is 1. The number of Topliss-reactive ketones (excluding diaryl/α,β-unsaturated/α-hetero) is 1. The van der Waals surface area contributed by atoms with Crippen LogP contribution in [-0.4, -0.2) is 28.1 Å². The van der Waals surface area contributed by atoms with Gasteiger partial charge in [-0.3, -0.25) is 4.79 Å². The van der Waals surface area contributed by atoms with Crippen LogP contribution in [0.5, 0.6) is 0 Å². The molecule has 1 aliphatic carbocycles. The zero-order chi connectivity index (χ0) is 14.6. The fourth-order valence-electron chi connectivity index (χ4n) is 2.53. The lowest BCUT2D eigenvalue weighted by atomic mass is 9.96. The first-order valence-electron chi connectivity index (χ1n) is 7.18. The highest BCUT2D eigenvalue weighted by Crippen LogP contribution is 2.20. The largest absolute Gasteiger partial charge is 0.295 e. The molecular weight excluding hydrogens is 273 g/mol. The molecule has 0 aromatic heterocycles. The van der Waals surface area contributed by atoms with E-state index in [0.717, 1.165) is 25.7 Å². The van der Waals surface area contributed by atoms with E-state index in [0.29, 0.717) is 11.9 Å². The summed E-state index contributed by atoms with van der Waals surface area (Å²) in [5, 5.41) is 0. The van der Waals surface area contributed by atoms with Crippen molar-refractivity contribution in [1.82, 2.24) is 4.72 Å². The first-order valence-corrected chi connectivity index (χ1v) is 8.67. The van der Waals surface area contributed by atoms with Gasteiger partial charge in [0.15, 0.2) is 5.78 Å². The quantitative estimate of drug-likeness (QED) is 0.661. The van der Waals surface area contributed by atoms with E-state index in [-0.39, 0.29) is 16.7 Å². The van der Waals surface area contributed by atoms with Crippen molar-refractivity contribution in [2.75, 3.05) is 0 Å². The number of carbonyl (C=O) groups excluding carboxylic acids is 1. The van der Waals surface area contributed by atoms with Gasteiger partial charge in [0.05, 0.1) is 4.90 Å². The Morgan fingerprint density at radius 3 is 2.30 bits per heavy atom. The molecule has 108 valence electrons. The molecule has 0 atom stereocenters. The molecular formula is C14H20BNO3S. The second-order valence-electron chi connectivity index (χ2n) is 5.26. The van der Waals surface area contributed by atoms with Crippen molar-refractivity contribution in [3.05, 3.63) is 29.8 Å². The van der Waals surface area contributed by atoms with Crippen LogP contribution in [0.2, 0.25) is 6.32 Å². The smallest absolute Gasteiger partial charge is 0.240 e. The molecule has 1 aliphatic rings. The van der Waals surface area contributed by atoms with Crippen LogP contribution in [0, 0.1) is 0 Å². The predicted molar refractivity (Wildman–Crippen MR) is 81.3 cm³/mol. The Kier molecular flexibility index (Phi) is 4.99. The minimum absolute atomic E-state index is 0.0224. The number of benzene rings is 1. The van der Waals surface area contributed by atoms with Gasteiger partial charge in [-0.25, -0.2) is 13.1 Å². The van der Waals surface area contributed by atoms with E-state index >= 15 is 0 Å². The minimum atomic E-state index is -3.47. The van der Waals surface area contributed by atoms with Gasteiger partial charge in [-0.15, -0.1) is 0 Å². The number of nitrogens with one attached hydrogen (secondary N) is 1. The lowest BCUT2D eigenvalue weighted by molar-refractivity contribution is 0.101. The maximum Gasteiger partial charge on any atom is 0.240 e. The zero-order valence-electron chi connectivity index (χ0n) is 11.8. The third kappa shape index (κ3) is 3.70. The molecule has 4 nitrogen and oxygen atoms in total. The fraction of sp³-hybridized carbons (Fsp3) is 0.500. The van der Waals surface area contributed by atoms with E-state index < -0.39 is 10.0 Å². The van der Waals surface area contributed by atoms with Crippen LogP contribution in [0.3, 0.4) is 0 Å². The number of hydrogen-bond acceptors (Lipinski definition) is 3. The monoisotopic (exact) mass is 293 g/mol. The van der Waals surface area contributed by atoms with Gasteiger partial charge in [-0.2, -0.15) is 0 Å². The van der Waals surface area contributed by atoms with Gasteiger partial charge in [0.25, 0.3) is 0 Å². The zero-order valence-corrected chi connectivity index (χ0v) is 12.6. The first kappa shape index (κ1) is 15.3. The Morgan fingerprint density at radius 2 is 1.75 bits per heavy atom. The normalized spacial score (nSPS) is 17.0. The van der Waals surface area contributed by atoms with Crippen LogP contribution >= 0.6 is 0 Å². The highest BCUT2D eigenvalue weighted by Gasteiger charge is 2.21. The molecule has 2 rings (SSSR count). The highest BCUT2D eigenvalue weighted by molar-refractivity contribution is 7.89. The molecule has 1 N–H and O–H groups in total. The van der Waals surface area contributed by atoms with E-state index in [2.05, 4.69) is 4.72 Å². The molecule has 6 heteroatoms. The summed E-state index contributed by atoms with van der Waals surface area (Å²) in [5.74, 6) is 0.0224. The van der Waals surface area contributed by atoms with E-state index in [4.69, 9.17) is 0 Å². The van der Waals surface area contributed by atoms with Gasteiger partial charge >= 0.3 is 0 Å². The van der Waals surface area contributed by atoms with Crippen molar-refractivity contribution in [1.29, 1.82) is 0 Å². The summed E-state index contributed by atoms with van der Waals surface area (Å²) < 4.78 is 27.3. The summed E-state index contributed by atoms with van der Waals surface area (Å²) >= 11 is 0. The summed E-state index contributed by atoms with van der Waals surface area (Å²) in [6.07, 6.45) is 5.59. The van der Waals surface area contributed by atoms with Crippen LogP contribution in [0.4, 0.5) is 0 Å². The molecule has 1 aromatic carbocycles. The van der Waals surface area contributed by atoms with Gasteiger partial charge in [-0.1, -0.05) is 31.4 Å². The van der Waals surface area contributed by atoms with Crippen molar-refractivity contribution >= 4 is 23.7 Å². The molecule has 0 amide bonds. The summed E-state index contributed by atoms with van der Waals surface area (Å²) in [7, 11) is -1.68. The van der Waals surface area contributed by atoms with Crippen LogP contribution in [0.25, 0.3) is 0 Å². The summed E-state index contributed by atoms with van der Waals surface area (Å²) in [5.41, 5.74) is 0.559. The van der Waals surface area contributed by atoms with Crippen LogP contribution in [0.15, 0.2) is 29.2 Å². The van der Waals surface area contributed by atoms with Gasteiger partial charge in [0.1, 0.15) is 7.85 Å². The molecule has 0 aliphatic heterocycles. The third-order valence-electron chi connectivity index (χ3n) is 3.73. The van der Waals surface area contributed by atoms with Crippen LogP contribution in [0.1, 0.15) is 42.5 Å². The van der Waals surface area contributed by atoms with Gasteiger partial charge in [-0.05, 0) is 31.3 Å². The van der Waals surface area contributed by atoms with Gasteiger partial charge in [0, 0.05) is 11.6 Å². The van der Waals surface area contributed by atoms with Crippen LogP contribution < -0.4 is 4.72 Å². The average molecular weight is 293 g/mol. The Labute approximate surface area is 121 Å². The predicted octanol–water partition coefficient (Wildman–Crippen LogP) is 1.53. The molecule has 0 heterocycles. The average Bonchev–Trinajstić information content (AvgIpc) is 2.47. The van der Waals surface area contributed by atoms with Crippen molar-refractivity contribution in [2.24, 2.45) is 0 Å². The summed E-state index contributed by atoms with van der Waals surface area (Å²) in [6.45, 7) is 0. The molecule has 0 spiro atoms. The van der Waals surface area contributed by atoms with Gasteiger partial charge in [0.2, 0.25) is 10.0 Å². The molecule has 0 unspecified atom stereocenters. The second kappa shape index (κ2) is 6.54. The number of rotatable bonds is 5. The fourth-order valence-corrected chi connectivity index (χ4v) is 3.84. The first-order chi connectivity index (χ1) is 9.53. The standard InChI is InChI=1S/C14H20BNO3S/c15-10-14(17)11-6-8-13(9-7-11)20(18,19)16-12-4-2-1-3-5-12/h6-9,12,16H,1-5,10,15H2. The minimum Gasteiger partial charge on any atom is -0.295 e. The molecule has 0 radical (unpaired) electrons. The van der Waals surface area contributed by atoms with Crippen molar-refractivity contribution in [3.8, 4) is 0 Å². The molecule has 1 fully saturated rings. The topological polar surface area (TPSA) is 63.2 Å². The molecule has 0 saturated heterocycles. The lowest BCUT2D eigenvalue weighted by Gasteiger charge is -2.22. The summed E-state index contributed by atoms with van der Waals surface area (Å²) in [6, 6.07) is 6.23. The Hall–Kier alpha value is -1.14. The van der Waals surface area contributed by atoms with Crippen molar-refractivity contribution in [2.45, 2.75) is 49.4 Å². The van der Waals surface area contributed by atoms with Crippen LogP contribution in [-0.2, 0) is 10.0 Å². The third-order valence-corrected chi connectivity index (χ3v) is 5.27. The van der Waals surface area contributed by atoms with E-state index in [1.54, 1.807) is 20.0 Å². The Balaban J connectivity index is 2.10. The van der Waals surface area contributed by atoms with E-state index in [9.17, 15) is 13.2 Å². The van der Waals surface area contributed by atoms with E-state index in [1.165, 1.54) is 18.6 Å². The molecule has 0 bridgehead atoms. The van der Waals surface area contributed by atoms with Crippen molar-refractivity contribution < 1.29 is 13.2 Å². The number of hydrogen-bond donors (Lipinski definition) is 1. The Bertz CT molecular complexity index is 563. The summed E-state index contributed by atoms with van der Waals surface area (Å²) in [4.78, 5) is 11.8. The lowest BCUT2D eigenvalue weighted by Crippen LogP contribution is -2.36. The molecule has 1 aromatic rings. The van der Waals surface area contributed by atoms with Crippen molar-refractivity contribution in [3.63, 3.8) is 0 Å². The molecule has 1 saturated carbocycles. The van der Waals surface area contributed by atoms with Gasteiger partial charge < -0.3 is 0 Å². The SMILES string of the molecule is BCC(=O)c1ccc(S(=O)(=O)NC2CCCCC2)cc1. The number of sulfonamides is 1. The highest BCUT2D eigenvalue weighted by atomic mass is 32.2.